The molecule has 2 aliphatic heterocycles. The second kappa shape index (κ2) is 8.42. The minimum absolute atomic E-state index is 0.0134. The number of rotatable bonds is 5. The van der Waals surface area contributed by atoms with Gasteiger partial charge in [-0.1, -0.05) is 42.5 Å². The molecule has 0 radical (unpaired) electrons. The first kappa shape index (κ1) is 19.0. The standard InChI is InChI=1S/C24H23N3O2S/c28-24(17-26-12-10-19(11-13-26)18-6-2-1-3-7-18)27-21(22-8-4-14-29-22)16-20(25-27)23-9-5-15-30-23/h1-10,14-15,21H,11-13,16-17H2. The van der Waals surface area contributed by atoms with Crippen molar-refractivity contribution in [1.29, 1.82) is 0 Å². The van der Waals surface area contributed by atoms with Crippen LogP contribution in [-0.4, -0.2) is 41.2 Å². The fourth-order valence-electron chi connectivity index (χ4n) is 4.07. The molecule has 1 atom stereocenters. The second-order valence-electron chi connectivity index (χ2n) is 7.58. The third-order valence-corrected chi connectivity index (χ3v) is 6.56. The molecule has 0 N–H and O–H groups in total. The largest absolute Gasteiger partial charge is 0.467 e. The van der Waals surface area contributed by atoms with Crippen molar-refractivity contribution in [3.63, 3.8) is 0 Å². The summed E-state index contributed by atoms with van der Waals surface area (Å²) in [4.78, 5) is 16.5. The molecule has 0 aliphatic carbocycles. The van der Waals surface area contributed by atoms with Gasteiger partial charge in [0.2, 0.25) is 0 Å². The minimum atomic E-state index is -0.176. The molecule has 0 saturated heterocycles. The highest BCUT2D eigenvalue weighted by atomic mass is 32.1. The molecule has 2 aliphatic rings. The molecule has 2 aromatic heterocycles. The van der Waals surface area contributed by atoms with Gasteiger partial charge in [-0.25, -0.2) is 5.01 Å². The lowest BCUT2D eigenvalue weighted by Crippen LogP contribution is -2.39. The molecule has 0 fully saturated rings. The van der Waals surface area contributed by atoms with Crippen LogP contribution in [0.25, 0.3) is 5.57 Å². The number of amides is 1. The number of carbonyl (C=O) groups is 1. The zero-order valence-electron chi connectivity index (χ0n) is 16.6. The van der Waals surface area contributed by atoms with Crippen LogP contribution < -0.4 is 0 Å². The minimum Gasteiger partial charge on any atom is -0.467 e. The fraction of sp³-hybridized carbons (Fsp3) is 0.250. The van der Waals surface area contributed by atoms with Crippen LogP contribution in [0.1, 0.15) is 35.1 Å². The van der Waals surface area contributed by atoms with Gasteiger partial charge in [0.25, 0.3) is 5.91 Å². The Hall–Kier alpha value is -2.96. The highest BCUT2D eigenvalue weighted by molar-refractivity contribution is 7.12. The van der Waals surface area contributed by atoms with Crippen molar-refractivity contribution in [3.05, 3.63) is 88.5 Å². The van der Waals surface area contributed by atoms with E-state index in [4.69, 9.17) is 9.52 Å². The molecule has 5 nitrogen and oxygen atoms in total. The third kappa shape index (κ3) is 3.88. The summed E-state index contributed by atoms with van der Waals surface area (Å²) in [5, 5.41) is 8.37. The summed E-state index contributed by atoms with van der Waals surface area (Å²) in [5.74, 6) is 0.795. The van der Waals surface area contributed by atoms with Crippen molar-refractivity contribution in [3.8, 4) is 0 Å². The van der Waals surface area contributed by atoms with E-state index in [-0.39, 0.29) is 11.9 Å². The Labute approximate surface area is 179 Å². The van der Waals surface area contributed by atoms with Gasteiger partial charge < -0.3 is 4.42 Å². The number of nitrogens with zero attached hydrogens (tertiary/aromatic N) is 3. The van der Waals surface area contributed by atoms with Gasteiger partial charge in [-0.2, -0.15) is 5.10 Å². The van der Waals surface area contributed by atoms with Gasteiger partial charge in [-0.05, 0) is 41.1 Å². The van der Waals surface area contributed by atoms with E-state index in [0.717, 1.165) is 35.9 Å². The Bertz CT molecular complexity index is 1060. The van der Waals surface area contributed by atoms with Crippen molar-refractivity contribution in [2.24, 2.45) is 5.10 Å². The predicted molar refractivity (Wildman–Crippen MR) is 119 cm³/mol. The van der Waals surface area contributed by atoms with Crippen LogP contribution >= 0.6 is 11.3 Å². The smallest absolute Gasteiger partial charge is 0.257 e. The molecular formula is C24H23N3O2S. The predicted octanol–water partition coefficient (Wildman–Crippen LogP) is 4.81. The molecule has 1 aromatic carbocycles. The first-order chi connectivity index (χ1) is 14.8. The molecule has 0 spiro atoms. The van der Waals surface area contributed by atoms with Gasteiger partial charge in [0.15, 0.2) is 0 Å². The lowest BCUT2D eigenvalue weighted by atomic mass is 9.99. The lowest BCUT2D eigenvalue weighted by Gasteiger charge is -2.28. The maximum Gasteiger partial charge on any atom is 0.257 e. The van der Waals surface area contributed by atoms with Crippen LogP contribution in [0.15, 0.2) is 81.8 Å². The highest BCUT2D eigenvalue weighted by Gasteiger charge is 2.35. The molecule has 4 heterocycles. The van der Waals surface area contributed by atoms with Crippen molar-refractivity contribution >= 4 is 28.5 Å². The van der Waals surface area contributed by atoms with Crippen molar-refractivity contribution in [2.45, 2.75) is 18.9 Å². The molecule has 30 heavy (non-hydrogen) atoms. The third-order valence-electron chi connectivity index (χ3n) is 5.64. The number of hydrogen-bond donors (Lipinski definition) is 0. The highest BCUT2D eigenvalue weighted by Crippen LogP contribution is 2.34. The van der Waals surface area contributed by atoms with Gasteiger partial charge in [-0.3, -0.25) is 9.69 Å². The van der Waals surface area contributed by atoms with Crippen molar-refractivity contribution < 1.29 is 9.21 Å². The van der Waals surface area contributed by atoms with E-state index in [1.54, 1.807) is 22.6 Å². The van der Waals surface area contributed by atoms with Crippen LogP contribution in [0, 0.1) is 0 Å². The van der Waals surface area contributed by atoms with Gasteiger partial charge >= 0.3 is 0 Å². The van der Waals surface area contributed by atoms with Crippen LogP contribution in [-0.2, 0) is 4.79 Å². The molecular weight excluding hydrogens is 394 g/mol. The quantitative estimate of drug-likeness (QED) is 0.599. The van der Waals surface area contributed by atoms with Gasteiger partial charge in [0, 0.05) is 19.5 Å². The zero-order valence-corrected chi connectivity index (χ0v) is 17.4. The van der Waals surface area contributed by atoms with Crippen LogP contribution in [0.3, 0.4) is 0 Å². The number of carbonyl (C=O) groups excluding carboxylic acids is 1. The average molecular weight is 418 g/mol. The summed E-state index contributed by atoms with van der Waals surface area (Å²) in [6, 6.07) is 18.1. The van der Waals surface area contributed by atoms with Crippen molar-refractivity contribution in [2.75, 3.05) is 19.6 Å². The van der Waals surface area contributed by atoms with Gasteiger partial charge in [0.1, 0.15) is 11.8 Å². The van der Waals surface area contributed by atoms with Crippen molar-refractivity contribution in [1.82, 2.24) is 9.91 Å². The Morgan fingerprint density at radius 2 is 2.03 bits per heavy atom. The van der Waals surface area contributed by atoms with E-state index < -0.39 is 0 Å². The summed E-state index contributed by atoms with van der Waals surface area (Å²) in [6.45, 7) is 2.00. The molecule has 1 amide bonds. The summed E-state index contributed by atoms with van der Waals surface area (Å²) in [6.07, 6.45) is 5.52. The molecule has 3 aromatic rings. The number of hydrogen-bond acceptors (Lipinski definition) is 5. The Morgan fingerprint density at radius 3 is 2.73 bits per heavy atom. The molecule has 0 bridgehead atoms. The van der Waals surface area contributed by atoms with Crippen LogP contribution in [0.5, 0.6) is 0 Å². The van der Waals surface area contributed by atoms with Gasteiger partial charge in [-0.15, -0.1) is 11.3 Å². The second-order valence-corrected chi connectivity index (χ2v) is 8.53. The van der Waals surface area contributed by atoms with Crippen LogP contribution in [0.2, 0.25) is 0 Å². The van der Waals surface area contributed by atoms with E-state index in [1.165, 1.54) is 11.1 Å². The summed E-state index contributed by atoms with van der Waals surface area (Å²) < 4.78 is 5.63. The average Bonchev–Trinajstić information content (AvgIpc) is 3.56. The first-order valence-electron chi connectivity index (χ1n) is 10.2. The monoisotopic (exact) mass is 417 g/mol. The normalized spacial score (nSPS) is 19.6. The number of furan rings is 1. The van der Waals surface area contributed by atoms with E-state index in [9.17, 15) is 4.79 Å². The lowest BCUT2D eigenvalue weighted by molar-refractivity contribution is -0.134. The zero-order chi connectivity index (χ0) is 20.3. The van der Waals surface area contributed by atoms with E-state index in [0.29, 0.717) is 13.0 Å². The summed E-state index contributed by atoms with van der Waals surface area (Å²) >= 11 is 1.65. The molecule has 0 saturated carbocycles. The Morgan fingerprint density at radius 1 is 1.13 bits per heavy atom. The maximum atomic E-state index is 13.2. The molecule has 152 valence electrons. The molecule has 1 unspecified atom stereocenters. The van der Waals surface area contributed by atoms with Crippen LogP contribution in [0.4, 0.5) is 0 Å². The molecule has 5 rings (SSSR count). The summed E-state index contributed by atoms with van der Waals surface area (Å²) in [5.41, 5.74) is 3.57. The van der Waals surface area contributed by atoms with E-state index in [2.05, 4.69) is 41.3 Å². The van der Waals surface area contributed by atoms with E-state index >= 15 is 0 Å². The maximum absolute atomic E-state index is 13.2. The topological polar surface area (TPSA) is 49.1 Å². The van der Waals surface area contributed by atoms with Gasteiger partial charge in [0.05, 0.1) is 23.4 Å². The first-order valence-corrected chi connectivity index (χ1v) is 11.1. The number of hydrazone groups is 1. The molecule has 6 heteroatoms. The fourth-order valence-corrected chi connectivity index (χ4v) is 4.79. The number of benzene rings is 1. The SMILES string of the molecule is O=C(CN1CC=C(c2ccccc2)CC1)N1N=C(c2cccs2)CC1c1ccco1. The number of thiophene rings is 1. The Balaban J connectivity index is 1.30. The van der Waals surface area contributed by atoms with E-state index in [1.807, 2.05) is 29.6 Å². The summed E-state index contributed by atoms with van der Waals surface area (Å²) in [7, 11) is 0. The Kier molecular flexibility index (Phi) is 5.34.